The van der Waals surface area contributed by atoms with Crippen molar-refractivity contribution in [3.05, 3.63) is 99.6 Å². The third-order valence-electron chi connectivity index (χ3n) is 4.28. The van der Waals surface area contributed by atoms with E-state index in [0.717, 1.165) is 11.1 Å². The Bertz CT molecular complexity index is 1120. The standard InChI is InChI=1S/C23H20N4O5/c1-16(28)25-20-8-6-19(7-9-20)23(29)26-24-14-17-4-12-22(13-5-17)32-15-18-2-10-21(11-3-18)27(30)31/h2-14H,15H2,1H3,(H,25,28)(H,26,29). The second-order valence-corrected chi connectivity index (χ2v) is 6.74. The summed E-state index contributed by atoms with van der Waals surface area (Å²) >= 11 is 0. The van der Waals surface area contributed by atoms with E-state index in [-0.39, 0.29) is 24.1 Å². The van der Waals surface area contributed by atoms with Gasteiger partial charge in [-0.05, 0) is 71.8 Å². The monoisotopic (exact) mass is 432 g/mol. The van der Waals surface area contributed by atoms with Crippen molar-refractivity contribution in [3.63, 3.8) is 0 Å². The van der Waals surface area contributed by atoms with Crippen LogP contribution in [0.3, 0.4) is 0 Å². The van der Waals surface area contributed by atoms with E-state index in [9.17, 15) is 19.7 Å². The van der Waals surface area contributed by atoms with Crippen LogP contribution in [0.4, 0.5) is 11.4 Å². The van der Waals surface area contributed by atoms with Gasteiger partial charge in [0.1, 0.15) is 12.4 Å². The van der Waals surface area contributed by atoms with Crippen LogP contribution >= 0.6 is 0 Å². The Morgan fingerprint density at radius 2 is 1.66 bits per heavy atom. The van der Waals surface area contributed by atoms with Gasteiger partial charge in [-0.2, -0.15) is 5.10 Å². The zero-order chi connectivity index (χ0) is 22.9. The fourth-order valence-corrected chi connectivity index (χ4v) is 2.67. The fraction of sp³-hybridized carbons (Fsp3) is 0.0870. The first kappa shape index (κ1) is 22.2. The maximum Gasteiger partial charge on any atom is 0.271 e. The Hall–Kier alpha value is -4.53. The number of ether oxygens (including phenoxy) is 1. The molecule has 0 unspecified atom stereocenters. The summed E-state index contributed by atoms with van der Waals surface area (Å²) in [6.07, 6.45) is 1.50. The molecule has 3 aromatic rings. The van der Waals surface area contributed by atoms with Gasteiger partial charge in [-0.25, -0.2) is 5.43 Å². The van der Waals surface area contributed by atoms with Gasteiger partial charge in [0, 0.05) is 30.3 Å². The van der Waals surface area contributed by atoms with E-state index in [2.05, 4.69) is 15.8 Å². The molecule has 0 heterocycles. The van der Waals surface area contributed by atoms with E-state index >= 15 is 0 Å². The summed E-state index contributed by atoms with van der Waals surface area (Å²) < 4.78 is 5.67. The van der Waals surface area contributed by atoms with Crippen LogP contribution in [0.2, 0.25) is 0 Å². The van der Waals surface area contributed by atoms with Crippen molar-refractivity contribution >= 4 is 29.4 Å². The first-order valence-corrected chi connectivity index (χ1v) is 9.58. The minimum absolute atomic E-state index is 0.0338. The van der Waals surface area contributed by atoms with Gasteiger partial charge in [0.2, 0.25) is 5.91 Å². The van der Waals surface area contributed by atoms with Crippen LogP contribution in [-0.4, -0.2) is 23.0 Å². The van der Waals surface area contributed by atoms with Crippen LogP contribution in [0.25, 0.3) is 0 Å². The van der Waals surface area contributed by atoms with Crippen molar-refractivity contribution in [2.24, 2.45) is 5.10 Å². The molecule has 0 aromatic heterocycles. The highest BCUT2D eigenvalue weighted by atomic mass is 16.6. The molecule has 0 saturated heterocycles. The minimum atomic E-state index is -0.447. The Morgan fingerprint density at radius 1 is 1.00 bits per heavy atom. The largest absolute Gasteiger partial charge is 0.489 e. The summed E-state index contributed by atoms with van der Waals surface area (Å²) in [5, 5.41) is 17.3. The third-order valence-corrected chi connectivity index (χ3v) is 4.28. The summed E-state index contributed by atoms with van der Waals surface area (Å²) in [6.45, 7) is 1.69. The van der Waals surface area contributed by atoms with Crippen molar-refractivity contribution in [2.45, 2.75) is 13.5 Å². The minimum Gasteiger partial charge on any atom is -0.489 e. The van der Waals surface area contributed by atoms with Crippen LogP contribution in [0.5, 0.6) is 5.75 Å². The van der Waals surface area contributed by atoms with Gasteiger partial charge in [0.05, 0.1) is 11.1 Å². The van der Waals surface area contributed by atoms with Gasteiger partial charge in [0.15, 0.2) is 0 Å². The summed E-state index contributed by atoms with van der Waals surface area (Å²) in [5.41, 5.74) is 5.07. The van der Waals surface area contributed by atoms with Crippen molar-refractivity contribution in [3.8, 4) is 5.75 Å². The summed E-state index contributed by atoms with van der Waals surface area (Å²) in [5.74, 6) is 0.0667. The number of carbonyl (C=O) groups excluding carboxylic acids is 2. The molecule has 9 nitrogen and oxygen atoms in total. The van der Waals surface area contributed by atoms with Crippen molar-refractivity contribution < 1.29 is 19.2 Å². The predicted octanol–water partition coefficient (Wildman–Crippen LogP) is 3.90. The number of anilines is 1. The number of hydrazone groups is 1. The number of carbonyl (C=O) groups is 2. The molecule has 3 aromatic carbocycles. The molecule has 2 amide bonds. The molecule has 2 N–H and O–H groups in total. The Balaban J connectivity index is 1.48. The van der Waals surface area contributed by atoms with Crippen LogP contribution in [0, 0.1) is 10.1 Å². The molecule has 0 saturated carbocycles. The zero-order valence-electron chi connectivity index (χ0n) is 17.1. The molecular weight excluding hydrogens is 412 g/mol. The maximum absolute atomic E-state index is 12.1. The molecule has 32 heavy (non-hydrogen) atoms. The second-order valence-electron chi connectivity index (χ2n) is 6.74. The Kier molecular flexibility index (Phi) is 7.26. The van der Waals surface area contributed by atoms with Gasteiger partial charge >= 0.3 is 0 Å². The number of benzene rings is 3. The highest BCUT2D eigenvalue weighted by Gasteiger charge is 2.05. The van der Waals surface area contributed by atoms with Crippen molar-refractivity contribution in [1.29, 1.82) is 0 Å². The molecule has 0 aliphatic rings. The lowest BCUT2D eigenvalue weighted by Gasteiger charge is -2.06. The topological polar surface area (TPSA) is 123 Å². The van der Waals surface area contributed by atoms with E-state index in [1.165, 1.54) is 25.3 Å². The second kappa shape index (κ2) is 10.5. The lowest BCUT2D eigenvalue weighted by molar-refractivity contribution is -0.384. The SMILES string of the molecule is CC(=O)Nc1ccc(C(=O)NN=Cc2ccc(OCc3ccc([N+](=O)[O-])cc3)cc2)cc1. The number of hydrogen-bond acceptors (Lipinski definition) is 6. The molecule has 9 heteroatoms. The number of rotatable bonds is 8. The van der Waals surface area contributed by atoms with Gasteiger partial charge in [0.25, 0.3) is 11.6 Å². The predicted molar refractivity (Wildman–Crippen MR) is 120 cm³/mol. The number of nitro groups is 1. The van der Waals surface area contributed by atoms with Crippen LogP contribution in [-0.2, 0) is 11.4 Å². The van der Waals surface area contributed by atoms with Gasteiger partial charge in [-0.3, -0.25) is 19.7 Å². The molecule has 0 aliphatic carbocycles. The number of amides is 2. The lowest BCUT2D eigenvalue weighted by atomic mass is 10.2. The molecule has 0 radical (unpaired) electrons. The van der Waals surface area contributed by atoms with E-state index in [1.807, 2.05) is 0 Å². The Labute approximate surface area is 183 Å². The fourth-order valence-electron chi connectivity index (χ4n) is 2.67. The van der Waals surface area contributed by atoms with E-state index in [4.69, 9.17) is 4.74 Å². The zero-order valence-corrected chi connectivity index (χ0v) is 17.1. The smallest absolute Gasteiger partial charge is 0.271 e. The molecule has 162 valence electrons. The van der Waals surface area contributed by atoms with E-state index in [0.29, 0.717) is 17.0 Å². The normalized spacial score (nSPS) is 10.5. The van der Waals surface area contributed by atoms with Gasteiger partial charge in [-0.15, -0.1) is 0 Å². The molecule has 0 atom stereocenters. The highest BCUT2D eigenvalue weighted by Crippen LogP contribution is 2.16. The van der Waals surface area contributed by atoms with E-state index in [1.54, 1.807) is 60.7 Å². The first-order valence-electron chi connectivity index (χ1n) is 9.58. The molecule has 0 spiro atoms. The molecular formula is C23H20N4O5. The summed E-state index contributed by atoms with van der Waals surface area (Å²) in [7, 11) is 0. The highest BCUT2D eigenvalue weighted by molar-refractivity contribution is 5.96. The van der Waals surface area contributed by atoms with Gasteiger partial charge in [-0.1, -0.05) is 0 Å². The van der Waals surface area contributed by atoms with E-state index < -0.39 is 4.92 Å². The van der Waals surface area contributed by atoms with Crippen molar-refractivity contribution in [2.75, 3.05) is 5.32 Å². The molecule has 3 rings (SSSR count). The Morgan fingerprint density at radius 3 is 2.25 bits per heavy atom. The molecule has 0 bridgehead atoms. The molecule has 0 fully saturated rings. The number of nitro benzene ring substituents is 1. The molecule has 0 aliphatic heterocycles. The third kappa shape index (κ3) is 6.49. The summed E-state index contributed by atoms with van der Waals surface area (Å²) in [4.78, 5) is 33.4. The van der Waals surface area contributed by atoms with Crippen LogP contribution < -0.4 is 15.5 Å². The number of non-ortho nitro benzene ring substituents is 1. The average Bonchev–Trinajstić information content (AvgIpc) is 2.79. The lowest BCUT2D eigenvalue weighted by Crippen LogP contribution is -2.17. The maximum atomic E-state index is 12.1. The number of nitrogens with one attached hydrogen (secondary N) is 2. The van der Waals surface area contributed by atoms with Crippen LogP contribution in [0.15, 0.2) is 77.9 Å². The first-order chi connectivity index (χ1) is 15.4. The number of nitrogens with zero attached hydrogens (tertiary/aromatic N) is 2. The van der Waals surface area contributed by atoms with Gasteiger partial charge < -0.3 is 10.1 Å². The van der Waals surface area contributed by atoms with Crippen molar-refractivity contribution in [1.82, 2.24) is 5.43 Å². The quantitative estimate of drug-likeness (QED) is 0.317. The van der Waals surface area contributed by atoms with Crippen LogP contribution in [0.1, 0.15) is 28.4 Å². The summed E-state index contributed by atoms with van der Waals surface area (Å²) in [6, 6.07) is 19.7. The average molecular weight is 432 g/mol. The number of hydrogen-bond donors (Lipinski definition) is 2.